The Bertz CT molecular complexity index is 1150. The third-order valence-corrected chi connectivity index (χ3v) is 5.66. The maximum absolute atomic E-state index is 13.3. The highest BCUT2D eigenvalue weighted by molar-refractivity contribution is 7.11. The van der Waals surface area contributed by atoms with Crippen LogP contribution in [0.2, 0.25) is 0 Å². The van der Waals surface area contributed by atoms with Crippen LogP contribution in [0, 0.1) is 13.8 Å². The summed E-state index contributed by atoms with van der Waals surface area (Å²) in [6, 6.07) is 7.81. The Kier molecular flexibility index (Phi) is 3.86. The lowest BCUT2D eigenvalue weighted by Gasteiger charge is -2.15. The molecule has 0 aliphatic carbocycles. The van der Waals surface area contributed by atoms with Crippen molar-refractivity contribution in [2.45, 2.75) is 13.8 Å². The highest BCUT2D eigenvalue weighted by Gasteiger charge is 2.19. The van der Waals surface area contributed by atoms with E-state index in [0.29, 0.717) is 22.3 Å². The number of fused-ring (bicyclic) bond motifs is 1. The minimum atomic E-state index is -0.0653. The summed E-state index contributed by atoms with van der Waals surface area (Å²) in [6.07, 6.45) is 0. The number of rotatable bonds is 3. The topological polar surface area (TPSA) is 47.8 Å². The van der Waals surface area contributed by atoms with Gasteiger partial charge in [0.05, 0.1) is 27.8 Å². The van der Waals surface area contributed by atoms with Gasteiger partial charge in [-0.15, -0.1) is 22.7 Å². The number of thiazole rings is 1. The number of hydrogen-bond acceptors (Lipinski definition) is 5. The predicted molar refractivity (Wildman–Crippen MR) is 105 cm³/mol. The van der Waals surface area contributed by atoms with Crippen LogP contribution in [0.1, 0.15) is 22.0 Å². The first-order valence-corrected chi connectivity index (χ1v) is 9.55. The molecule has 3 aromatic heterocycles. The molecule has 0 fully saturated rings. The third-order valence-electron chi connectivity index (χ3n) is 4.18. The van der Waals surface area contributed by atoms with Crippen molar-refractivity contribution in [1.29, 1.82) is 0 Å². The molecule has 124 valence electrons. The molecule has 25 heavy (non-hydrogen) atoms. The Labute approximate surface area is 152 Å². The Morgan fingerprint density at radius 3 is 2.72 bits per heavy atom. The Hall–Kier alpha value is -2.57. The quantitative estimate of drug-likeness (QED) is 0.534. The standard InChI is InChI=1S/C19H15N3OS2/c1-11-6-4-5-7-16(11)22-18(12(2)14-8-24-10-20-14)21-15-9-25-13(3)17(15)19(22)23/h4-10H,2H2,1,3H3. The Morgan fingerprint density at radius 1 is 1.20 bits per heavy atom. The maximum atomic E-state index is 13.3. The van der Waals surface area contributed by atoms with Crippen LogP contribution in [0.3, 0.4) is 0 Å². The van der Waals surface area contributed by atoms with Gasteiger partial charge in [0.2, 0.25) is 0 Å². The molecule has 0 saturated heterocycles. The fraction of sp³-hybridized carbons (Fsp3) is 0.105. The van der Waals surface area contributed by atoms with Crippen LogP contribution in [0.4, 0.5) is 0 Å². The van der Waals surface area contributed by atoms with Gasteiger partial charge in [0.1, 0.15) is 5.82 Å². The van der Waals surface area contributed by atoms with E-state index in [9.17, 15) is 4.79 Å². The van der Waals surface area contributed by atoms with E-state index < -0.39 is 0 Å². The first-order valence-electron chi connectivity index (χ1n) is 7.72. The molecular formula is C19H15N3OS2. The highest BCUT2D eigenvalue weighted by atomic mass is 32.1. The Balaban J connectivity index is 2.11. The molecule has 0 radical (unpaired) electrons. The van der Waals surface area contributed by atoms with Crippen molar-refractivity contribution >= 4 is 39.1 Å². The fourth-order valence-electron chi connectivity index (χ4n) is 2.87. The first kappa shape index (κ1) is 15.9. The van der Waals surface area contributed by atoms with Crippen LogP contribution in [0.15, 0.2) is 51.9 Å². The normalized spacial score (nSPS) is 11.1. The number of para-hydroxylation sites is 1. The second-order valence-corrected chi connectivity index (χ2v) is 7.57. The number of thiophene rings is 1. The van der Waals surface area contributed by atoms with Gasteiger partial charge in [0.25, 0.3) is 5.56 Å². The summed E-state index contributed by atoms with van der Waals surface area (Å²) in [7, 11) is 0. The van der Waals surface area contributed by atoms with Crippen molar-refractivity contribution in [2.24, 2.45) is 0 Å². The highest BCUT2D eigenvalue weighted by Crippen LogP contribution is 2.27. The van der Waals surface area contributed by atoms with Crippen molar-refractivity contribution in [3.63, 3.8) is 0 Å². The van der Waals surface area contributed by atoms with E-state index >= 15 is 0 Å². The predicted octanol–water partition coefficient (Wildman–Crippen LogP) is 4.58. The molecule has 1 aromatic carbocycles. The molecule has 4 aromatic rings. The Morgan fingerprint density at radius 2 is 2.00 bits per heavy atom. The van der Waals surface area contributed by atoms with Gasteiger partial charge in [-0.25, -0.2) is 9.97 Å². The number of aryl methyl sites for hydroxylation is 2. The lowest BCUT2D eigenvalue weighted by atomic mass is 10.1. The molecular weight excluding hydrogens is 350 g/mol. The van der Waals surface area contributed by atoms with Crippen molar-refractivity contribution in [2.75, 3.05) is 0 Å². The summed E-state index contributed by atoms with van der Waals surface area (Å²) in [4.78, 5) is 23.4. The van der Waals surface area contributed by atoms with E-state index in [1.165, 1.54) is 22.7 Å². The van der Waals surface area contributed by atoms with Gasteiger partial charge in [0.15, 0.2) is 0 Å². The summed E-state index contributed by atoms with van der Waals surface area (Å²) in [5.74, 6) is 0.537. The molecule has 4 rings (SSSR count). The minimum absolute atomic E-state index is 0.0653. The van der Waals surface area contributed by atoms with Gasteiger partial charge in [-0.1, -0.05) is 24.8 Å². The van der Waals surface area contributed by atoms with Gasteiger partial charge < -0.3 is 0 Å². The number of aromatic nitrogens is 3. The van der Waals surface area contributed by atoms with Gasteiger partial charge in [-0.05, 0) is 25.5 Å². The van der Waals surface area contributed by atoms with Crippen LogP contribution in [-0.2, 0) is 0 Å². The molecule has 6 heteroatoms. The number of benzene rings is 1. The molecule has 4 nitrogen and oxygen atoms in total. The van der Waals surface area contributed by atoms with Crippen LogP contribution < -0.4 is 5.56 Å². The van der Waals surface area contributed by atoms with Gasteiger partial charge in [-0.2, -0.15) is 0 Å². The molecule has 0 aliphatic heterocycles. The zero-order valence-corrected chi connectivity index (χ0v) is 15.4. The van der Waals surface area contributed by atoms with E-state index in [1.807, 2.05) is 48.9 Å². The zero-order valence-electron chi connectivity index (χ0n) is 13.8. The maximum Gasteiger partial charge on any atom is 0.267 e. The second-order valence-electron chi connectivity index (χ2n) is 5.77. The van der Waals surface area contributed by atoms with Crippen LogP contribution in [0.25, 0.3) is 22.2 Å². The van der Waals surface area contributed by atoms with Crippen LogP contribution in [-0.4, -0.2) is 14.5 Å². The van der Waals surface area contributed by atoms with E-state index in [0.717, 1.165) is 21.8 Å². The molecule has 0 unspecified atom stereocenters. The molecule has 3 heterocycles. The fourth-order valence-corrected chi connectivity index (χ4v) is 4.21. The molecule has 0 amide bonds. The number of hydrogen-bond donors (Lipinski definition) is 0. The lowest BCUT2D eigenvalue weighted by molar-refractivity contribution is 0.925. The van der Waals surface area contributed by atoms with Gasteiger partial charge >= 0.3 is 0 Å². The largest absolute Gasteiger partial charge is 0.268 e. The van der Waals surface area contributed by atoms with Crippen molar-refractivity contribution in [3.8, 4) is 5.69 Å². The first-order chi connectivity index (χ1) is 12.1. The van der Waals surface area contributed by atoms with E-state index in [2.05, 4.69) is 11.6 Å². The summed E-state index contributed by atoms with van der Waals surface area (Å²) in [5.41, 5.74) is 5.61. The van der Waals surface area contributed by atoms with E-state index in [4.69, 9.17) is 4.98 Å². The van der Waals surface area contributed by atoms with Crippen LogP contribution >= 0.6 is 22.7 Å². The van der Waals surface area contributed by atoms with E-state index in [-0.39, 0.29) is 5.56 Å². The van der Waals surface area contributed by atoms with Gasteiger partial charge in [0, 0.05) is 21.2 Å². The lowest BCUT2D eigenvalue weighted by Crippen LogP contribution is -2.24. The molecule has 0 aliphatic rings. The molecule has 0 bridgehead atoms. The summed E-state index contributed by atoms with van der Waals surface area (Å²) in [5, 5.41) is 4.51. The average Bonchev–Trinajstić information content (AvgIpc) is 3.25. The van der Waals surface area contributed by atoms with E-state index in [1.54, 1.807) is 10.1 Å². The molecule has 0 spiro atoms. The summed E-state index contributed by atoms with van der Waals surface area (Å²) >= 11 is 3.03. The van der Waals surface area contributed by atoms with Crippen molar-refractivity contribution in [3.05, 3.63) is 79.4 Å². The monoisotopic (exact) mass is 365 g/mol. The molecule has 0 N–H and O–H groups in total. The second kappa shape index (κ2) is 6.06. The third kappa shape index (κ3) is 2.54. The van der Waals surface area contributed by atoms with Crippen molar-refractivity contribution < 1.29 is 0 Å². The van der Waals surface area contributed by atoms with Crippen LogP contribution in [0.5, 0.6) is 0 Å². The minimum Gasteiger partial charge on any atom is -0.268 e. The SMILES string of the molecule is C=C(c1cscn1)c1nc2csc(C)c2c(=O)n1-c1ccccc1C. The van der Waals surface area contributed by atoms with Gasteiger partial charge in [-0.3, -0.25) is 9.36 Å². The molecule has 0 saturated carbocycles. The average molecular weight is 365 g/mol. The summed E-state index contributed by atoms with van der Waals surface area (Å²) in [6.45, 7) is 8.10. The number of nitrogens with zero attached hydrogens (tertiary/aromatic N) is 3. The molecule has 0 atom stereocenters. The van der Waals surface area contributed by atoms with Crippen molar-refractivity contribution in [1.82, 2.24) is 14.5 Å². The summed E-state index contributed by atoms with van der Waals surface area (Å²) < 4.78 is 1.67. The smallest absolute Gasteiger partial charge is 0.267 e. The zero-order chi connectivity index (χ0) is 17.6.